The monoisotopic (exact) mass is 488 g/mol. The van der Waals surface area contributed by atoms with E-state index in [0.29, 0.717) is 23.8 Å². The van der Waals surface area contributed by atoms with Crippen molar-refractivity contribution >= 4 is 33.2 Å². The molecule has 0 fully saturated rings. The van der Waals surface area contributed by atoms with Crippen molar-refractivity contribution in [1.29, 1.82) is 0 Å². The first-order valence-corrected chi connectivity index (χ1v) is 12.1. The zero-order valence-corrected chi connectivity index (χ0v) is 19.8. The predicted molar refractivity (Wildman–Crippen MR) is 129 cm³/mol. The van der Waals surface area contributed by atoms with E-state index in [1.54, 1.807) is 31.2 Å². The van der Waals surface area contributed by atoms with E-state index >= 15 is 0 Å². The summed E-state index contributed by atoms with van der Waals surface area (Å²) in [4.78, 5) is 13.0. The summed E-state index contributed by atoms with van der Waals surface area (Å²) in [6.45, 7) is 2.20. The molecule has 3 aromatic carbocycles. The van der Waals surface area contributed by atoms with Crippen LogP contribution in [0.5, 0.6) is 11.5 Å². The van der Waals surface area contributed by atoms with Gasteiger partial charge < -0.3 is 14.8 Å². The summed E-state index contributed by atoms with van der Waals surface area (Å²) in [5.74, 6) is 0.444. The topological polar surface area (TPSA) is 93.7 Å². The van der Waals surface area contributed by atoms with Crippen LogP contribution in [0.15, 0.2) is 77.7 Å². The molecule has 174 valence electrons. The third-order valence-corrected chi connectivity index (χ3v) is 6.51. The van der Waals surface area contributed by atoms with Gasteiger partial charge in [0.15, 0.2) is 0 Å². The number of ether oxygens (including phenoxy) is 2. The number of amides is 1. The lowest BCUT2D eigenvalue weighted by molar-refractivity contribution is -0.117. The molecule has 1 atom stereocenters. The molecule has 0 aliphatic rings. The van der Waals surface area contributed by atoms with Gasteiger partial charge in [0.1, 0.15) is 17.5 Å². The van der Waals surface area contributed by atoms with E-state index < -0.39 is 22.0 Å². The summed E-state index contributed by atoms with van der Waals surface area (Å²) in [6, 6.07) is 19.1. The maximum Gasteiger partial charge on any atom is 0.242 e. The molecule has 0 aliphatic carbocycles. The maximum absolute atomic E-state index is 13.1. The van der Waals surface area contributed by atoms with Gasteiger partial charge in [0.2, 0.25) is 15.9 Å². The Balaban J connectivity index is 1.87. The van der Waals surface area contributed by atoms with E-state index in [-0.39, 0.29) is 16.3 Å². The van der Waals surface area contributed by atoms with Crippen LogP contribution in [0, 0.1) is 0 Å². The molecule has 9 heteroatoms. The van der Waals surface area contributed by atoms with E-state index in [4.69, 9.17) is 21.1 Å². The van der Waals surface area contributed by atoms with Crippen molar-refractivity contribution in [1.82, 2.24) is 4.72 Å². The highest BCUT2D eigenvalue weighted by molar-refractivity contribution is 7.89. The summed E-state index contributed by atoms with van der Waals surface area (Å²) < 4.78 is 39.3. The minimum Gasteiger partial charge on any atom is -0.497 e. The summed E-state index contributed by atoms with van der Waals surface area (Å²) in [5.41, 5.74) is 1.29. The SMILES string of the molecule is CCOc1ccc(S(=O)(=O)N[C@H](Cc2ccccc2)C(=O)Nc2cccc(OC)c2)cc1Cl. The molecule has 3 aromatic rings. The average Bonchev–Trinajstić information content (AvgIpc) is 2.80. The molecule has 0 saturated heterocycles. The molecule has 0 aromatic heterocycles. The highest BCUT2D eigenvalue weighted by atomic mass is 35.5. The van der Waals surface area contributed by atoms with Crippen molar-refractivity contribution in [2.24, 2.45) is 0 Å². The molecule has 0 spiro atoms. The lowest BCUT2D eigenvalue weighted by Gasteiger charge is -2.19. The Hall–Kier alpha value is -3.07. The largest absolute Gasteiger partial charge is 0.497 e. The molecule has 2 N–H and O–H groups in total. The zero-order chi connectivity index (χ0) is 23.8. The Bertz CT molecular complexity index is 1200. The van der Waals surface area contributed by atoms with E-state index in [9.17, 15) is 13.2 Å². The van der Waals surface area contributed by atoms with Crippen LogP contribution in [0.1, 0.15) is 12.5 Å². The molecule has 7 nitrogen and oxygen atoms in total. The Morgan fingerprint density at radius 1 is 1.03 bits per heavy atom. The number of hydrogen-bond donors (Lipinski definition) is 2. The highest BCUT2D eigenvalue weighted by Crippen LogP contribution is 2.27. The van der Waals surface area contributed by atoms with Gasteiger partial charge in [0.25, 0.3) is 0 Å². The fraction of sp³-hybridized carbons (Fsp3) is 0.208. The zero-order valence-electron chi connectivity index (χ0n) is 18.2. The van der Waals surface area contributed by atoms with Gasteiger partial charge >= 0.3 is 0 Å². The number of methoxy groups -OCH3 is 1. The number of carbonyl (C=O) groups is 1. The Morgan fingerprint density at radius 2 is 1.79 bits per heavy atom. The molecule has 1 amide bonds. The molecular weight excluding hydrogens is 464 g/mol. The van der Waals surface area contributed by atoms with Gasteiger partial charge in [-0.3, -0.25) is 4.79 Å². The van der Waals surface area contributed by atoms with Gasteiger partial charge in [0, 0.05) is 11.8 Å². The number of nitrogens with one attached hydrogen (secondary N) is 2. The van der Waals surface area contributed by atoms with E-state index in [2.05, 4.69) is 10.0 Å². The van der Waals surface area contributed by atoms with Gasteiger partial charge in [-0.25, -0.2) is 8.42 Å². The van der Waals surface area contributed by atoms with Gasteiger partial charge in [-0.15, -0.1) is 0 Å². The highest BCUT2D eigenvalue weighted by Gasteiger charge is 2.27. The molecule has 3 rings (SSSR count). The van der Waals surface area contributed by atoms with Crippen molar-refractivity contribution < 1.29 is 22.7 Å². The Kier molecular flexibility index (Phi) is 8.32. The molecule has 0 unspecified atom stereocenters. The van der Waals surface area contributed by atoms with Gasteiger partial charge in [-0.1, -0.05) is 48.0 Å². The quantitative estimate of drug-likeness (QED) is 0.444. The Labute approximate surface area is 198 Å². The summed E-state index contributed by atoms with van der Waals surface area (Å²) in [5, 5.41) is 2.92. The fourth-order valence-electron chi connectivity index (χ4n) is 3.14. The fourth-order valence-corrected chi connectivity index (χ4v) is 4.67. The second-order valence-corrected chi connectivity index (χ2v) is 9.23. The second kappa shape index (κ2) is 11.2. The van der Waals surface area contributed by atoms with Crippen molar-refractivity contribution in [2.75, 3.05) is 19.0 Å². The number of rotatable bonds is 10. The number of sulfonamides is 1. The number of halogens is 1. The molecule has 0 aliphatic heterocycles. The Morgan fingerprint density at radius 3 is 2.45 bits per heavy atom. The minimum absolute atomic E-state index is 0.0665. The lowest BCUT2D eigenvalue weighted by atomic mass is 10.1. The van der Waals surface area contributed by atoms with Gasteiger partial charge in [-0.05, 0) is 49.2 Å². The first-order chi connectivity index (χ1) is 15.8. The standard InChI is InChI=1S/C24H25ClN2O5S/c1-3-32-23-13-12-20(16-21(23)25)33(29,30)27-22(14-17-8-5-4-6-9-17)24(28)26-18-10-7-11-19(15-18)31-2/h4-13,15-16,22,27H,3,14H2,1-2H3,(H,26,28)/t22-/m1/s1. The van der Waals surface area contributed by atoms with Crippen molar-refractivity contribution in [3.8, 4) is 11.5 Å². The summed E-state index contributed by atoms with van der Waals surface area (Å²) in [6.07, 6.45) is 0.153. The lowest BCUT2D eigenvalue weighted by Crippen LogP contribution is -2.45. The molecule has 0 radical (unpaired) electrons. The van der Waals surface area contributed by atoms with Gasteiger partial charge in [0.05, 0.1) is 23.6 Å². The predicted octanol–water partition coefficient (Wildman–Crippen LogP) is 4.28. The number of anilines is 1. The molecule has 0 heterocycles. The molecule has 0 bridgehead atoms. The maximum atomic E-state index is 13.1. The van der Waals surface area contributed by atoms with Crippen LogP contribution in [0.2, 0.25) is 5.02 Å². The third-order valence-electron chi connectivity index (χ3n) is 4.75. The van der Waals surface area contributed by atoms with Crippen LogP contribution in [0.4, 0.5) is 5.69 Å². The van der Waals surface area contributed by atoms with E-state index in [1.807, 2.05) is 30.3 Å². The van der Waals surface area contributed by atoms with Crippen molar-refractivity contribution in [3.63, 3.8) is 0 Å². The first-order valence-electron chi connectivity index (χ1n) is 10.3. The van der Waals surface area contributed by atoms with Crippen LogP contribution < -0.4 is 19.5 Å². The molecule has 0 saturated carbocycles. The van der Waals surface area contributed by atoms with Crippen LogP contribution in [0.3, 0.4) is 0 Å². The minimum atomic E-state index is -4.06. The summed E-state index contributed by atoms with van der Waals surface area (Å²) >= 11 is 6.17. The summed E-state index contributed by atoms with van der Waals surface area (Å²) in [7, 11) is -2.54. The normalized spacial score (nSPS) is 12.1. The first kappa shape index (κ1) is 24.6. The number of carbonyl (C=O) groups excluding carboxylic acids is 1. The second-order valence-electron chi connectivity index (χ2n) is 7.11. The third kappa shape index (κ3) is 6.71. The van der Waals surface area contributed by atoms with Crippen LogP contribution in [-0.2, 0) is 21.2 Å². The molecule has 33 heavy (non-hydrogen) atoms. The van der Waals surface area contributed by atoms with Gasteiger partial charge in [-0.2, -0.15) is 4.72 Å². The van der Waals surface area contributed by atoms with Crippen molar-refractivity contribution in [3.05, 3.63) is 83.4 Å². The van der Waals surface area contributed by atoms with Crippen LogP contribution >= 0.6 is 11.6 Å². The van der Waals surface area contributed by atoms with Crippen molar-refractivity contribution in [2.45, 2.75) is 24.3 Å². The molecular formula is C24H25ClN2O5S. The smallest absolute Gasteiger partial charge is 0.242 e. The van der Waals surface area contributed by atoms with E-state index in [1.165, 1.54) is 25.3 Å². The van der Waals surface area contributed by atoms with Crippen LogP contribution in [-0.4, -0.2) is 34.1 Å². The average molecular weight is 489 g/mol. The number of benzene rings is 3. The number of hydrogen-bond acceptors (Lipinski definition) is 5. The van der Waals surface area contributed by atoms with E-state index in [0.717, 1.165) is 5.56 Å². The van der Waals surface area contributed by atoms with Crippen LogP contribution in [0.25, 0.3) is 0 Å².